The van der Waals surface area contributed by atoms with Crippen LogP contribution in [0.15, 0.2) is 41.3 Å². The predicted octanol–water partition coefficient (Wildman–Crippen LogP) is 5.38. The summed E-state index contributed by atoms with van der Waals surface area (Å²) in [6.45, 7) is 0. The van der Waals surface area contributed by atoms with Crippen LogP contribution in [0.25, 0.3) is 22.3 Å². The molecular formula is C23H20F7N3O2S. The van der Waals surface area contributed by atoms with Crippen molar-refractivity contribution in [1.82, 2.24) is 0 Å². The molecule has 0 spiro atoms. The van der Waals surface area contributed by atoms with Crippen LogP contribution in [0, 0.1) is 23.3 Å². The minimum Gasteiger partial charge on any atom is -0.377 e. The third-order valence-corrected chi connectivity index (χ3v) is 6.30. The summed E-state index contributed by atoms with van der Waals surface area (Å²) in [6, 6.07) is 5.62. The van der Waals surface area contributed by atoms with E-state index in [9.17, 15) is 30.4 Å². The largest absolute Gasteiger partial charge is 0.420 e. The van der Waals surface area contributed by atoms with Gasteiger partial charge in [0.15, 0.2) is 23.3 Å². The number of nitrogens with zero attached hydrogens (tertiary/aromatic N) is 2. The summed E-state index contributed by atoms with van der Waals surface area (Å²) in [5.41, 5.74) is -4.28. The van der Waals surface area contributed by atoms with Crippen molar-refractivity contribution >= 4 is 21.4 Å². The first kappa shape index (κ1) is 27.3. The third kappa shape index (κ3) is 4.85. The van der Waals surface area contributed by atoms with Gasteiger partial charge in [0.1, 0.15) is 5.56 Å². The molecule has 0 atom stereocenters. The van der Waals surface area contributed by atoms with E-state index in [0.29, 0.717) is 0 Å². The number of sulfonamides is 1. The van der Waals surface area contributed by atoms with Crippen molar-refractivity contribution in [3.8, 4) is 22.3 Å². The number of benzene rings is 3. The monoisotopic (exact) mass is 535 g/mol. The van der Waals surface area contributed by atoms with Gasteiger partial charge in [-0.2, -0.15) is 13.2 Å². The van der Waals surface area contributed by atoms with Gasteiger partial charge in [0.2, 0.25) is 10.0 Å². The molecule has 5 nitrogen and oxygen atoms in total. The first-order valence-electron chi connectivity index (χ1n) is 10.1. The van der Waals surface area contributed by atoms with Crippen LogP contribution in [-0.4, -0.2) is 36.6 Å². The van der Waals surface area contributed by atoms with Crippen LogP contribution < -0.4 is 14.9 Å². The Labute approximate surface area is 202 Å². The summed E-state index contributed by atoms with van der Waals surface area (Å²) in [4.78, 5) is 1.79. The molecule has 0 aromatic heterocycles. The second-order valence-electron chi connectivity index (χ2n) is 8.25. The van der Waals surface area contributed by atoms with E-state index in [1.54, 1.807) is 0 Å². The maximum Gasteiger partial charge on any atom is 0.420 e. The van der Waals surface area contributed by atoms with Gasteiger partial charge in [-0.3, -0.25) is 0 Å². The summed E-state index contributed by atoms with van der Waals surface area (Å²) < 4.78 is 124. The van der Waals surface area contributed by atoms with Crippen LogP contribution in [0.3, 0.4) is 0 Å². The van der Waals surface area contributed by atoms with Crippen molar-refractivity contribution in [1.29, 1.82) is 0 Å². The van der Waals surface area contributed by atoms with Crippen molar-refractivity contribution in [3.63, 3.8) is 0 Å². The lowest BCUT2D eigenvalue weighted by molar-refractivity contribution is -0.136. The fraction of sp³-hybridized carbons (Fsp3) is 0.217. The second kappa shape index (κ2) is 9.28. The van der Waals surface area contributed by atoms with Crippen molar-refractivity contribution < 1.29 is 39.2 Å². The normalized spacial score (nSPS) is 12.1. The zero-order valence-corrected chi connectivity index (χ0v) is 20.1. The van der Waals surface area contributed by atoms with Gasteiger partial charge in [0, 0.05) is 39.3 Å². The van der Waals surface area contributed by atoms with Gasteiger partial charge in [-0.15, -0.1) is 0 Å². The van der Waals surface area contributed by atoms with E-state index >= 15 is 8.78 Å². The molecule has 0 heterocycles. The van der Waals surface area contributed by atoms with E-state index in [4.69, 9.17) is 5.14 Å². The molecule has 0 saturated carbocycles. The van der Waals surface area contributed by atoms with Gasteiger partial charge >= 0.3 is 6.18 Å². The molecule has 0 unspecified atom stereocenters. The minimum absolute atomic E-state index is 0.273. The van der Waals surface area contributed by atoms with Crippen LogP contribution in [0.1, 0.15) is 5.56 Å². The molecule has 2 N–H and O–H groups in total. The predicted molar refractivity (Wildman–Crippen MR) is 122 cm³/mol. The van der Waals surface area contributed by atoms with Crippen LogP contribution in [0.2, 0.25) is 0 Å². The summed E-state index contributed by atoms with van der Waals surface area (Å²) in [7, 11) is 1.01. The standard InChI is InChI=1S/C23H20F7N3O2S/c1-32(2)14-9-12(10-15(33(3)4)18(14)23(28,29)30)17-16(19(24)21(26)22(27)20(17)25)11-5-7-13(8-6-11)36(31,34)35/h5-10H,1-4H3,(H2,31,34,35). The quantitative estimate of drug-likeness (QED) is 0.271. The SMILES string of the molecule is CN(C)c1cc(-c2c(F)c(F)c(F)c(F)c2-c2ccc(S(N)(=O)=O)cc2)cc(N(C)C)c1C(F)(F)F. The van der Waals surface area contributed by atoms with Crippen molar-refractivity contribution in [2.45, 2.75) is 11.1 Å². The highest BCUT2D eigenvalue weighted by molar-refractivity contribution is 7.89. The highest BCUT2D eigenvalue weighted by Crippen LogP contribution is 2.47. The second-order valence-corrected chi connectivity index (χ2v) is 9.81. The van der Waals surface area contributed by atoms with Gasteiger partial charge in [0.25, 0.3) is 0 Å². The van der Waals surface area contributed by atoms with E-state index in [1.807, 2.05) is 0 Å². The van der Waals surface area contributed by atoms with Crippen molar-refractivity contribution in [2.75, 3.05) is 38.0 Å². The average Bonchev–Trinajstić information content (AvgIpc) is 2.77. The van der Waals surface area contributed by atoms with Crippen LogP contribution >= 0.6 is 0 Å². The molecule has 0 saturated heterocycles. The van der Waals surface area contributed by atoms with Gasteiger partial charge < -0.3 is 9.80 Å². The smallest absolute Gasteiger partial charge is 0.377 e. The van der Waals surface area contributed by atoms with Gasteiger partial charge in [-0.25, -0.2) is 31.1 Å². The molecule has 0 radical (unpaired) electrons. The van der Waals surface area contributed by atoms with E-state index in [1.165, 1.54) is 28.2 Å². The molecule has 0 amide bonds. The summed E-state index contributed by atoms with van der Waals surface area (Å²) in [5.74, 6) is -7.96. The number of primary sulfonamides is 1. The van der Waals surface area contributed by atoms with E-state index in [-0.39, 0.29) is 11.1 Å². The van der Waals surface area contributed by atoms with E-state index < -0.39 is 72.4 Å². The molecule has 0 fully saturated rings. The Bertz CT molecular complexity index is 1410. The van der Waals surface area contributed by atoms with E-state index in [0.717, 1.165) is 46.2 Å². The third-order valence-electron chi connectivity index (χ3n) is 5.37. The summed E-state index contributed by atoms with van der Waals surface area (Å²) in [5, 5.41) is 5.03. The molecule has 0 aliphatic carbocycles. The molecule has 3 aromatic carbocycles. The Morgan fingerprint density at radius 1 is 0.694 bits per heavy atom. The first-order chi connectivity index (χ1) is 16.5. The molecular weight excluding hydrogens is 515 g/mol. The molecule has 194 valence electrons. The molecule has 0 aliphatic heterocycles. The number of anilines is 2. The first-order valence-corrected chi connectivity index (χ1v) is 11.6. The molecule has 36 heavy (non-hydrogen) atoms. The number of halogens is 7. The van der Waals surface area contributed by atoms with Crippen LogP contribution in [-0.2, 0) is 16.2 Å². The number of rotatable bonds is 5. The minimum atomic E-state index is -4.85. The van der Waals surface area contributed by atoms with Crippen molar-refractivity contribution in [2.24, 2.45) is 5.14 Å². The van der Waals surface area contributed by atoms with Gasteiger partial charge in [-0.1, -0.05) is 12.1 Å². The Morgan fingerprint density at radius 2 is 1.08 bits per heavy atom. The molecule has 3 rings (SSSR count). The topological polar surface area (TPSA) is 66.6 Å². The maximum atomic E-state index is 15.2. The summed E-state index contributed by atoms with van der Waals surface area (Å²) in [6.07, 6.45) is -4.85. The maximum absolute atomic E-state index is 15.2. The lowest BCUT2D eigenvalue weighted by Crippen LogP contribution is -2.22. The van der Waals surface area contributed by atoms with Crippen LogP contribution in [0.5, 0.6) is 0 Å². The summed E-state index contributed by atoms with van der Waals surface area (Å²) >= 11 is 0. The number of alkyl halides is 3. The Hall–Kier alpha value is -3.32. The number of nitrogens with two attached hydrogens (primary N) is 1. The molecule has 3 aromatic rings. The van der Waals surface area contributed by atoms with E-state index in [2.05, 4.69) is 0 Å². The van der Waals surface area contributed by atoms with Crippen LogP contribution in [0.4, 0.5) is 42.1 Å². The lowest BCUT2D eigenvalue weighted by atomic mass is 9.91. The molecule has 0 aliphatic rings. The number of hydrogen-bond donors (Lipinski definition) is 1. The Morgan fingerprint density at radius 3 is 1.42 bits per heavy atom. The highest BCUT2D eigenvalue weighted by atomic mass is 32.2. The fourth-order valence-electron chi connectivity index (χ4n) is 3.74. The average molecular weight is 535 g/mol. The molecule has 13 heteroatoms. The van der Waals surface area contributed by atoms with Gasteiger partial charge in [-0.05, 0) is 35.4 Å². The zero-order chi connectivity index (χ0) is 27.3. The Kier molecular flexibility index (Phi) is 7.03. The highest BCUT2D eigenvalue weighted by Gasteiger charge is 2.39. The Balaban J connectivity index is 2.48. The van der Waals surface area contributed by atoms with Crippen molar-refractivity contribution in [3.05, 3.63) is 65.2 Å². The zero-order valence-electron chi connectivity index (χ0n) is 19.3. The fourth-order valence-corrected chi connectivity index (χ4v) is 4.25. The van der Waals surface area contributed by atoms with Gasteiger partial charge in [0.05, 0.1) is 16.3 Å². The number of hydrogen-bond acceptors (Lipinski definition) is 4. The molecule has 0 bridgehead atoms. The lowest BCUT2D eigenvalue weighted by Gasteiger charge is -2.27.